The van der Waals surface area contributed by atoms with Crippen molar-refractivity contribution in [3.63, 3.8) is 0 Å². The molecule has 1 heterocycles. The predicted molar refractivity (Wildman–Crippen MR) is 70.2 cm³/mol. The number of benzene rings is 1. The molecule has 0 atom stereocenters. The molecule has 0 saturated heterocycles. The molecule has 0 unspecified atom stereocenters. The van der Waals surface area contributed by atoms with Crippen molar-refractivity contribution in [1.29, 1.82) is 0 Å². The van der Waals surface area contributed by atoms with Crippen molar-refractivity contribution in [2.24, 2.45) is 10.5 Å². The molecule has 17 heavy (non-hydrogen) atoms. The molecule has 3 heteroatoms. The van der Waals surface area contributed by atoms with Gasteiger partial charge in [-0.25, -0.2) is 5.01 Å². The first-order chi connectivity index (χ1) is 7.88. The van der Waals surface area contributed by atoms with Gasteiger partial charge in [-0.2, -0.15) is 5.10 Å². The van der Waals surface area contributed by atoms with Gasteiger partial charge in [0.05, 0.1) is 17.8 Å². The Bertz CT molecular complexity index is 483. The van der Waals surface area contributed by atoms with E-state index in [-0.39, 0.29) is 11.3 Å². The Kier molecular flexibility index (Phi) is 2.77. The molecule has 0 spiro atoms. The summed E-state index contributed by atoms with van der Waals surface area (Å²) in [4.78, 5) is 12.0. The summed E-state index contributed by atoms with van der Waals surface area (Å²) in [5, 5.41) is 5.97. The fourth-order valence-electron chi connectivity index (χ4n) is 1.81. The third-order valence-electron chi connectivity index (χ3n) is 2.89. The van der Waals surface area contributed by atoms with E-state index in [9.17, 15) is 4.79 Å². The van der Waals surface area contributed by atoms with Crippen LogP contribution in [0.2, 0.25) is 0 Å². The molecule has 1 aliphatic heterocycles. The summed E-state index contributed by atoms with van der Waals surface area (Å²) in [6.07, 6.45) is 0.428. The second-order valence-electron chi connectivity index (χ2n) is 5.52. The summed E-state index contributed by atoms with van der Waals surface area (Å²) in [5.41, 5.74) is 2.89. The molecule has 0 radical (unpaired) electrons. The van der Waals surface area contributed by atoms with Crippen LogP contribution in [0.25, 0.3) is 0 Å². The average molecular weight is 230 g/mol. The molecule has 90 valence electrons. The number of amides is 1. The number of hydrogen-bond acceptors (Lipinski definition) is 2. The number of hydrazone groups is 1. The second-order valence-corrected chi connectivity index (χ2v) is 5.52. The highest BCUT2D eigenvalue weighted by molar-refractivity contribution is 6.14. The summed E-state index contributed by atoms with van der Waals surface area (Å²) in [6.45, 7) is 8.26. The second kappa shape index (κ2) is 3.99. The number of carbonyl (C=O) groups excluding carboxylic acids is 1. The van der Waals surface area contributed by atoms with Crippen molar-refractivity contribution in [3.8, 4) is 0 Å². The average Bonchev–Trinajstić information content (AvgIpc) is 2.60. The van der Waals surface area contributed by atoms with E-state index in [0.29, 0.717) is 6.42 Å². The first kappa shape index (κ1) is 11.8. The van der Waals surface area contributed by atoms with E-state index < -0.39 is 0 Å². The number of nitrogens with zero attached hydrogens (tertiary/aromatic N) is 2. The summed E-state index contributed by atoms with van der Waals surface area (Å²) in [5.74, 6) is 0.0560. The monoisotopic (exact) mass is 230 g/mol. The third kappa shape index (κ3) is 2.38. The standard InChI is InChI=1S/C14H18N2O/c1-10-6-5-7-11(8-10)16-13(17)9-12(15-16)14(2,3)4/h5-8H,9H2,1-4H3. The smallest absolute Gasteiger partial charge is 0.253 e. The van der Waals surface area contributed by atoms with Crippen LogP contribution in [0.1, 0.15) is 32.8 Å². The van der Waals surface area contributed by atoms with E-state index >= 15 is 0 Å². The number of carbonyl (C=O) groups is 1. The van der Waals surface area contributed by atoms with Crippen molar-refractivity contribution in [2.45, 2.75) is 34.1 Å². The van der Waals surface area contributed by atoms with Crippen molar-refractivity contribution < 1.29 is 4.79 Å². The van der Waals surface area contributed by atoms with Crippen LogP contribution in [0.5, 0.6) is 0 Å². The Morgan fingerprint density at radius 2 is 2.00 bits per heavy atom. The van der Waals surface area contributed by atoms with Gasteiger partial charge in [0.2, 0.25) is 0 Å². The van der Waals surface area contributed by atoms with E-state index in [1.54, 1.807) is 0 Å². The molecule has 0 aliphatic carbocycles. The van der Waals surface area contributed by atoms with Gasteiger partial charge in [0.1, 0.15) is 0 Å². The summed E-state index contributed by atoms with van der Waals surface area (Å²) in [7, 11) is 0. The highest BCUT2D eigenvalue weighted by Crippen LogP contribution is 2.28. The van der Waals surface area contributed by atoms with Crippen LogP contribution in [0.4, 0.5) is 5.69 Å². The fourth-order valence-corrected chi connectivity index (χ4v) is 1.81. The Morgan fingerprint density at radius 3 is 2.53 bits per heavy atom. The van der Waals surface area contributed by atoms with Gasteiger partial charge in [-0.1, -0.05) is 32.9 Å². The quantitative estimate of drug-likeness (QED) is 0.729. The van der Waals surface area contributed by atoms with Crippen molar-refractivity contribution >= 4 is 17.3 Å². The molecule has 0 fully saturated rings. The highest BCUT2D eigenvalue weighted by atomic mass is 16.2. The molecule has 1 aromatic rings. The van der Waals surface area contributed by atoms with Gasteiger partial charge in [-0.15, -0.1) is 0 Å². The van der Waals surface area contributed by atoms with Crippen LogP contribution >= 0.6 is 0 Å². The lowest BCUT2D eigenvalue weighted by Gasteiger charge is -2.16. The summed E-state index contributed by atoms with van der Waals surface area (Å²) in [6, 6.07) is 7.86. The molecule has 0 bridgehead atoms. The van der Waals surface area contributed by atoms with Crippen LogP contribution in [-0.2, 0) is 4.79 Å². The van der Waals surface area contributed by atoms with Gasteiger partial charge in [-0.3, -0.25) is 4.79 Å². The number of anilines is 1. The topological polar surface area (TPSA) is 32.7 Å². The Morgan fingerprint density at radius 1 is 1.29 bits per heavy atom. The maximum Gasteiger partial charge on any atom is 0.253 e. The zero-order chi connectivity index (χ0) is 12.6. The number of hydrogen-bond donors (Lipinski definition) is 0. The van der Waals surface area contributed by atoms with Gasteiger partial charge < -0.3 is 0 Å². The molecule has 1 aliphatic rings. The van der Waals surface area contributed by atoms with E-state index in [1.165, 1.54) is 5.01 Å². The summed E-state index contributed by atoms with van der Waals surface area (Å²) >= 11 is 0. The minimum absolute atomic E-state index is 0.0474. The molecule has 1 amide bonds. The largest absolute Gasteiger partial charge is 0.272 e. The lowest BCUT2D eigenvalue weighted by atomic mass is 9.88. The first-order valence-electron chi connectivity index (χ1n) is 5.85. The molecule has 2 rings (SSSR count). The molecule has 0 aromatic heterocycles. The fraction of sp³-hybridized carbons (Fsp3) is 0.429. The molecular weight excluding hydrogens is 212 g/mol. The van der Waals surface area contributed by atoms with Crippen molar-refractivity contribution in [3.05, 3.63) is 29.8 Å². The van der Waals surface area contributed by atoms with E-state index in [0.717, 1.165) is 17.0 Å². The van der Waals surface area contributed by atoms with Crippen LogP contribution in [0, 0.1) is 12.3 Å². The number of rotatable bonds is 1. The minimum Gasteiger partial charge on any atom is -0.272 e. The zero-order valence-electron chi connectivity index (χ0n) is 10.8. The zero-order valence-corrected chi connectivity index (χ0v) is 10.8. The Balaban J connectivity index is 2.34. The summed E-state index contributed by atoms with van der Waals surface area (Å²) < 4.78 is 0. The lowest BCUT2D eigenvalue weighted by molar-refractivity contribution is -0.116. The lowest BCUT2D eigenvalue weighted by Crippen LogP contribution is -2.20. The van der Waals surface area contributed by atoms with E-state index in [1.807, 2.05) is 31.2 Å². The van der Waals surface area contributed by atoms with Gasteiger partial charge in [0.15, 0.2) is 0 Å². The van der Waals surface area contributed by atoms with Crippen LogP contribution in [0.3, 0.4) is 0 Å². The maximum absolute atomic E-state index is 12.0. The van der Waals surface area contributed by atoms with Crippen LogP contribution < -0.4 is 5.01 Å². The molecule has 1 aromatic carbocycles. The van der Waals surface area contributed by atoms with Crippen LogP contribution in [0.15, 0.2) is 29.4 Å². The van der Waals surface area contributed by atoms with Crippen LogP contribution in [-0.4, -0.2) is 11.6 Å². The maximum atomic E-state index is 12.0. The normalized spacial score (nSPS) is 16.4. The first-order valence-corrected chi connectivity index (χ1v) is 5.85. The molecular formula is C14H18N2O. The number of aryl methyl sites for hydroxylation is 1. The Hall–Kier alpha value is -1.64. The van der Waals surface area contributed by atoms with E-state index in [4.69, 9.17) is 0 Å². The van der Waals surface area contributed by atoms with Gasteiger partial charge in [0, 0.05) is 5.41 Å². The van der Waals surface area contributed by atoms with Gasteiger partial charge >= 0.3 is 0 Å². The molecule has 3 nitrogen and oxygen atoms in total. The molecule has 0 saturated carbocycles. The van der Waals surface area contributed by atoms with Crippen molar-refractivity contribution in [1.82, 2.24) is 0 Å². The van der Waals surface area contributed by atoms with E-state index in [2.05, 4.69) is 25.9 Å². The van der Waals surface area contributed by atoms with Crippen molar-refractivity contribution in [2.75, 3.05) is 5.01 Å². The Labute approximate surface area is 102 Å². The highest BCUT2D eigenvalue weighted by Gasteiger charge is 2.31. The minimum atomic E-state index is -0.0474. The predicted octanol–water partition coefficient (Wildman–Crippen LogP) is 3.13. The van der Waals surface area contributed by atoms with Gasteiger partial charge in [-0.05, 0) is 24.6 Å². The third-order valence-corrected chi connectivity index (χ3v) is 2.89. The molecule has 0 N–H and O–H groups in total. The SMILES string of the molecule is Cc1cccc(N2N=C(C(C)(C)C)CC2=O)c1. The van der Waals surface area contributed by atoms with Gasteiger partial charge in [0.25, 0.3) is 5.91 Å².